The highest BCUT2D eigenvalue weighted by Gasteiger charge is 2.28. The molecule has 1 aliphatic rings. The number of carbonyl (C=O) groups is 3. The Morgan fingerprint density at radius 3 is 2.62 bits per heavy atom. The van der Waals surface area contributed by atoms with Gasteiger partial charge >= 0.3 is 5.97 Å². The largest absolute Gasteiger partial charge is 0.497 e. The van der Waals surface area contributed by atoms with E-state index in [-0.39, 0.29) is 24.1 Å². The van der Waals surface area contributed by atoms with Crippen LogP contribution in [0.25, 0.3) is 10.9 Å². The normalized spacial score (nSPS) is 14.4. The Kier molecular flexibility index (Phi) is 6.13. The number of furan rings is 1. The zero-order valence-corrected chi connectivity index (χ0v) is 17.9. The number of fused-ring (bicyclic) bond motifs is 1. The molecule has 10 heteroatoms. The molecule has 0 bridgehead atoms. The SMILES string of the molecule is COC(=O)c1[nH]c2cc(OC)ccc2c1NC(=O)C[NH+]1CCN(C(=O)c2ccco2)CC1. The molecule has 0 atom stereocenters. The van der Waals surface area contributed by atoms with Crippen molar-refractivity contribution < 1.29 is 33.2 Å². The lowest BCUT2D eigenvalue weighted by molar-refractivity contribution is -0.895. The van der Waals surface area contributed by atoms with E-state index < -0.39 is 5.97 Å². The molecule has 0 saturated carbocycles. The number of aromatic amines is 1. The number of nitrogens with zero attached hydrogens (tertiary/aromatic N) is 1. The van der Waals surface area contributed by atoms with Crippen LogP contribution < -0.4 is 15.0 Å². The predicted molar refractivity (Wildman–Crippen MR) is 115 cm³/mol. The lowest BCUT2D eigenvalue weighted by Crippen LogP contribution is -3.15. The van der Waals surface area contributed by atoms with Gasteiger partial charge in [-0.2, -0.15) is 0 Å². The first-order chi connectivity index (χ1) is 15.5. The van der Waals surface area contributed by atoms with Crippen molar-refractivity contribution in [3.05, 3.63) is 48.0 Å². The molecule has 0 radical (unpaired) electrons. The first kappa shape index (κ1) is 21.4. The van der Waals surface area contributed by atoms with Crippen LogP contribution in [0.3, 0.4) is 0 Å². The van der Waals surface area contributed by atoms with E-state index in [1.807, 2.05) is 0 Å². The third kappa shape index (κ3) is 4.30. The second-order valence-electron chi connectivity index (χ2n) is 7.52. The zero-order chi connectivity index (χ0) is 22.7. The number of piperazine rings is 1. The lowest BCUT2D eigenvalue weighted by Gasteiger charge is -2.31. The Balaban J connectivity index is 1.42. The minimum absolute atomic E-state index is 0.143. The summed E-state index contributed by atoms with van der Waals surface area (Å²) in [6.07, 6.45) is 1.47. The summed E-state index contributed by atoms with van der Waals surface area (Å²) >= 11 is 0. The molecule has 10 nitrogen and oxygen atoms in total. The molecule has 2 aromatic heterocycles. The van der Waals surface area contributed by atoms with E-state index >= 15 is 0 Å². The Morgan fingerprint density at radius 1 is 1.19 bits per heavy atom. The number of aromatic nitrogens is 1. The van der Waals surface area contributed by atoms with Crippen molar-refractivity contribution in [3.63, 3.8) is 0 Å². The number of nitrogens with one attached hydrogen (secondary N) is 3. The Hall–Kier alpha value is -3.79. The summed E-state index contributed by atoms with van der Waals surface area (Å²) < 4.78 is 15.3. The molecule has 1 saturated heterocycles. The van der Waals surface area contributed by atoms with Crippen LogP contribution in [-0.4, -0.2) is 74.6 Å². The van der Waals surface area contributed by atoms with Gasteiger partial charge in [-0.05, 0) is 24.3 Å². The second kappa shape index (κ2) is 9.15. The summed E-state index contributed by atoms with van der Waals surface area (Å²) in [5, 5.41) is 3.55. The minimum atomic E-state index is -0.576. The third-order valence-corrected chi connectivity index (χ3v) is 5.56. The molecule has 0 aliphatic carbocycles. The van der Waals surface area contributed by atoms with Gasteiger partial charge in [-0.25, -0.2) is 4.79 Å². The Morgan fingerprint density at radius 2 is 1.97 bits per heavy atom. The number of amides is 2. The molecule has 0 spiro atoms. The van der Waals surface area contributed by atoms with Crippen LogP contribution >= 0.6 is 0 Å². The third-order valence-electron chi connectivity index (χ3n) is 5.56. The fraction of sp³-hybridized carbons (Fsp3) is 0.318. The summed E-state index contributed by atoms with van der Waals surface area (Å²) in [7, 11) is 2.84. The van der Waals surface area contributed by atoms with Gasteiger partial charge in [-0.1, -0.05) is 0 Å². The van der Waals surface area contributed by atoms with Crippen LogP contribution in [0.4, 0.5) is 5.69 Å². The second-order valence-corrected chi connectivity index (χ2v) is 7.52. The highest BCUT2D eigenvalue weighted by atomic mass is 16.5. The van der Waals surface area contributed by atoms with Gasteiger partial charge in [0.1, 0.15) is 11.4 Å². The number of ether oxygens (including phenoxy) is 2. The van der Waals surface area contributed by atoms with Gasteiger partial charge < -0.3 is 34.0 Å². The van der Waals surface area contributed by atoms with Crippen LogP contribution in [0.1, 0.15) is 21.0 Å². The number of H-pyrrole nitrogens is 1. The summed E-state index contributed by atoms with van der Waals surface area (Å²) in [4.78, 5) is 43.2. The lowest BCUT2D eigenvalue weighted by atomic mass is 10.2. The van der Waals surface area contributed by atoms with Crippen molar-refractivity contribution in [1.82, 2.24) is 9.88 Å². The van der Waals surface area contributed by atoms with Gasteiger partial charge in [-0.3, -0.25) is 9.59 Å². The van der Waals surface area contributed by atoms with Crippen LogP contribution in [0.5, 0.6) is 5.75 Å². The smallest absolute Gasteiger partial charge is 0.356 e. The Labute approximate surface area is 184 Å². The van der Waals surface area contributed by atoms with Crippen molar-refractivity contribution in [2.24, 2.45) is 0 Å². The number of hydrogen-bond acceptors (Lipinski definition) is 6. The van der Waals surface area contributed by atoms with Gasteiger partial charge in [0, 0.05) is 11.5 Å². The molecule has 3 heterocycles. The first-order valence-corrected chi connectivity index (χ1v) is 10.2. The van der Waals surface area contributed by atoms with E-state index in [9.17, 15) is 14.4 Å². The van der Waals surface area contributed by atoms with E-state index in [1.54, 1.807) is 42.3 Å². The maximum Gasteiger partial charge on any atom is 0.356 e. The molecule has 2 amide bonds. The number of carbonyl (C=O) groups excluding carboxylic acids is 3. The quantitative estimate of drug-likeness (QED) is 0.481. The van der Waals surface area contributed by atoms with Crippen molar-refractivity contribution in [2.45, 2.75) is 0 Å². The maximum atomic E-state index is 12.8. The van der Waals surface area contributed by atoms with E-state index in [1.165, 1.54) is 13.4 Å². The number of quaternary nitrogens is 1. The number of benzene rings is 1. The topological polar surface area (TPSA) is 118 Å². The van der Waals surface area contributed by atoms with Crippen LogP contribution in [0.15, 0.2) is 41.0 Å². The zero-order valence-electron chi connectivity index (χ0n) is 17.9. The van der Waals surface area contributed by atoms with E-state index in [2.05, 4.69) is 10.3 Å². The van der Waals surface area contributed by atoms with Gasteiger partial charge in [-0.15, -0.1) is 0 Å². The number of hydrogen-bond donors (Lipinski definition) is 3. The molecule has 0 unspecified atom stereocenters. The van der Waals surface area contributed by atoms with Gasteiger partial charge in [0.25, 0.3) is 11.8 Å². The summed E-state index contributed by atoms with van der Waals surface area (Å²) in [5.74, 6) is -0.00653. The van der Waals surface area contributed by atoms with Crippen molar-refractivity contribution in [1.29, 1.82) is 0 Å². The maximum absolute atomic E-state index is 12.8. The van der Waals surface area contributed by atoms with Crippen LogP contribution in [-0.2, 0) is 9.53 Å². The molecule has 1 aromatic carbocycles. The fourth-order valence-electron chi connectivity index (χ4n) is 3.86. The van der Waals surface area contributed by atoms with Gasteiger partial charge in [0.2, 0.25) is 0 Å². The summed E-state index contributed by atoms with van der Waals surface area (Å²) in [6, 6.07) is 8.61. The first-order valence-electron chi connectivity index (χ1n) is 10.2. The van der Waals surface area contributed by atoms with Crippen LogP contribution in [0, 0.1) is 0 Å². The molecular weight excluding hydrogens is 416 g/mol. The summed E-state index contributed by atoms with van der Waals surface area (Å²) in [5.41, 5.74) is 1.20. The summed E-state index contributed by atoms with van der Waals surface area (Å²) in [6.45, 7) is 2.54. The number of esters is 1. The highest BCUT2D eigenvalue weighted by Crippen LogP contribution is 2.31. The highest BCUT2D eigenvalue weighted by molar-refractivity contribution is 6.11. The number of rotatable bonds is 6. The minimum Gasteiger partial charge on any atom is -0.497 e. The van der Waals surface area contributed by atoms with Gasteiger partial charge in [0.15, 0.2) is 12.3 Å². The molecule has 1 aliphatic heterocycles. The molecule has 32 heavy (non-hydrogen) atoms. The van der Waals surface area contributed by atoms with E-state index in [0.29, 0.717) is 54.3 Å². The number of methoxy groups -OCH3 is 2. The standard InChI is InChI=1S/C22H24N4O6/c1-30-14-5-6-15-16(12-14)23-20(22(29)31-2)19(15)24-18(27)13-25-7-9-26(10-8-25)21(28)17-4-3-11-32-17/h3-6,11-12,23H,7-10,13H2,1-2H3,(H,24,27)/p+1. The van der Waals surface area contributed by atoms with E-state index in [0.717, 1.165) is 4.90 Å². The molecule has 3 N–H and O–H groups in total. The average molecular weight is 441 g/mol. The molecular formula is C22H25N4O6+. The monoisotopic (exact) mass is 441 g/mol. The average Bonchev–Trinajstić information content (AvgIpc) is 3.47. The van der Waals surface area contributed by atoms with Crippen molar-refractivity contribution >= 4 is 34.4 Å². The van der Waals surface area contributed by atoms with Crippen molar-refractivity contribution in [3.8, 4) is 5.75 Å². The molecule has 3 aromatic rings. The fourth-order valence-corrected chi connectivity index (χ4v) is 3.86. The molecule has 168 valence electrons. The Bertz CT molecular complexity index is 1130. The van der Waals surface area contributed by atoms with Crippen molar-refractivity contribution in [2.75, 3.05) is 52.3 Å². The van der Waals surface area contributed by atoms with Crippen LogP contribution in [0.2, 0.25) is 0 Å². The van der Waals surface area contributed by atoms with E-state index in [4.69, 9.17) is 13.9 Å². The molecule has 1 fully saturated rings. The van der Waals surface area contributed by atoms with Gasteiger partial charge in [0.05, 0.1) is 57.9 Å². The number of anilines is 1. The predicted octanol–water partition coefficient (Wildman–Crippen LogP) is 0.536. The molecule has 4 rings (SSSR count).